The first-order chi connectivity index (χ1) is 4.91. The molecule has 0 heterocycles. The molecule has 0 rings (SSSR count). The number of rotatable bonds is 6. The second-order valence-electron chi connectivity index (χ2n) is 2.29. The molecule has 10 heavy (non-hydrogen) atoms. The highest BCUT2D eigenvalue weighted by molar-refractivity contribution is 4.78. The number of allylic oxidation sites excluding steroid dienone is 1. The van der Waals surface area contributed by atoms with E-state index < -0.39 is 0 Å². The number of nitrogens with one attached hydrogen (secondary N) is 1. The van der Waals surface area contributed by atoms with Crippen molar-refractivity contribution in [2.45, 2.75) is 26.2 Å². The highest BCUT2D eigenvalue weighted by atomic mass is 14.8. The molecule has 0 saturated carbocycles. The molecule has 0 bridgehead atoms. The fourth-order valence-corrected chi connectivity index (χ4v) is 0.655. The third kappa shape index (κ3) is 7.50. The lowest BCUT2D eigenvalue weighted by Gasteiger charge is -1.94. The van der Waals surface area contributed by atoms with Crippen molar-refractivity contribution in [3.8, 4) is 0 Å². The summed E-state index contributed by atoms with van der Waals surface area (Å²) in [5.41, 5.74) is 5.27. The van der Waals surface area contributed by atoms with Gasteiger partial charge in [0, 0.05) is 13.1 Å². The number of hydrogen-bond donors (Lipinski definition) is 2. The van der Waals surface area contributed by atoms with Gasteiger partial charge in [-0.15, -0.1) is 0 Å². The van der Waals surface area contributed by atoms with E-state index in [1.54, 1.807) is 0 Å². The van der Waals surface area contributed by atoms with E-state index in [2.05, 4.69) is 18.3 Å². The predicted molar refractivity (Wildman–Crippen MR) is 45.7 cm³/mol. The van der Waals surface area contributed by atoms with E-state index in [4.69, 9.17) is 5.73 Å². The summed E-state index contributed by atoms with van der Waals surface area (Å²) in [6, 6.07) is 0. The van der Waals surface area contributed by atoms with Crippen LogP contribution in [0.5, 0.6) is 0 Å². The second-order valence-corrected chi connectivity index (χ2v) is 2.29. The lowest BCUT2D eigenvalue weighted by molar-refractivity contribution is 0.797. The monoisotopic (exact) mass is 142 g/mol. The Hall–Kier alpha value is -0.500. The van der Waals surface area contributed by atoms with Gasteiger partial charge in [-0.3, -0.25) is 0 Å². The van der Waals surface area contributed by atoms with Gasteiger partial charge in [-0.2, -0.15) is 0 Å². The summed E-state index contributed by atoms with van der Waals surface area (Å²) >= 11 is 0. The van der Waals surface area contributed by atoms with Crippen LogP contribution in [0.25, 0.3) is 0 Å². The maximum absolute atomic E-state index is 5.27. The fourth-order valence-electron chi connectivity index (χ4n) is 0.655. The van der Waals surface area contributed by atoms with Crippen molar-refractivity contribution in [3.63, 3.8) is 0 Å². The van der Waals surface area contributed by atoms with Crippen molar-refractivity contribution in [3.05, 3.63) is 12.3 Å². The molecule has 0 aromatic heterocycles. The molecule has 3 N–H and O–H groups in total. The molecule has 0 radical (unpaired) electrons. The van der Waals surface area contributed by atoms with E-state index in [-0.39, 0.29) is 0 Å². The molecule has 2 heteroatoms. The molecular weight excluding hydrogens is 124 g/mol. The average molecular weight is 142 g/mol. The molecule has 0 spiro atoms. The smallest absolute Gasteiger partial charge is 0.0264 e. The minimum absolute atomic E-state index is 0.706. The van der Waals surface area contributed by atoms with Gasteiger partial charge in [-0.25, -0.2) is 0 Å². The van der Waals surface area contributed by atoms with Crippen LogP contribution >= 0.6 is 0 Å². The molecule has 0 amide bonds. The minimum atomic E-state index is 0.706. The van der Waals surface area contributed by atoms with Crippen LogP contribution in [0.3, 0.4) is 0 Å². The summed E-state index contributed by atoms with van der Waals surface area (Å²) in [6.07, 6.45) is 7.86. The van der Waals surface area contributed by atoms with Crippen LogP contribution in [0, 0.1) is 0 Å². The van der Waals surface area contributed by atoms with Crippen LogP contribution in [-0.4, -0.2) is 13.1 Å². The van der Waals surface area contributed by atoms with Crippen molar-refractivity contribution in [2.24, 2.45) is 5.73 Å². The Morgan fingerprint density at radius 2 is 2.30 bits per heavy atom. The van der Waals surface area contributed by atoms with Gasteiger partial charge in [0.2, 0.25) is 0 Å². The number of nitrogens with two attached hydrogens (primary N) is 1. The van der Waals surface area contributed by atoms with Crippen LogP contribution < -0.4 is 11.1 Å². The highest BCUT2D eigenvalue weighted by Gasteiger charge is 1.76. The fraction of sp³-hybridized carbons (Fsp3) is 0.750. The van der Waals surface area contributed by atoms with E-state index in [1.165, 1.54) is 19.3 Å². The zero-order valence-corrected chi connectivity index (χ0v) is 6.77. The first-order valence-corrected chi connectivity index (χ1v) is 4.00. The summed E-state index contributed by atoms with van der Waals surface area (Å²) < 4.78 is 0. The zero-order valence-electron chi connectivity index (χ0n) is 6.77. The molecule has 60 valence electrons. The maximum atomic E-state index is 5.27. The topological polar surface area (TPSA) is 38.0 Å². The Kier molecular flexibility index (Phi) is 8.07. The van der Waals surface area contributed by atoms with Crippen LogP contribution in [0.2, 0.25) is 0 Å². The summed E-state index contributed by atoms with van der Waals surface area (Å²) in [4.78, 5) is 0. The molecule has 0 aliphatic rings. The molecule has 0 aliphatic heterocycles. The summed E-state index contributed by atoms with van der Waals surface area (Å²) in [6.45, 7) is 3.78. The number of unbranched alkanes of at least 4 members (excludes halogenated alkanes) is 2. The quantitative estimate of drug-likeness (QED) is 0.547. The minimum Gasteiger partial charge on any atom is -0.390 e. The van der Waals surface area contributed by atoms with Crippen LogP contribution in [0.4, 0.5) is 0 Å². The maximum Gasteiger partial charge on any atom is 0.0264 e. The lowest BCUT2D eigenvalue weighted by atomic mass is 10.2. The van der Waals surface area contributed by atoms with E-state index in [0.717, 1.165) is 6.54 Å². The summed E-state index contributed by atoms with van der Waals surface area (Å²) in [5.74, 6) is 0. The van der Waals surface area contributed by atoms with Crippen LogP contribution in [0.1, 0.15) is 26.2 Å². The van der Waals surface area contributed by atoms with Crippen molar-refractivity contribution >= 4 is 0 Å². The highest BCUT2D eigenvalue weighted by Crippen LogP contribution is 1.93. The first-order valence-electron chi connectivity index (χ1n) is 4.00. The molecule has 0 aromatic carbocycles. The Labute approximate surface area is 63.5 Å². The molecule has 0 unspecified atom stereocenters. The molecule has 0 aromatic rings. The molecule has 0 fully saturated rings. The van der Waals surface area contributed by atoms with Gasteiger partial charge < -0.3 is 11.1 Å². The van der Waals surface area contributed by atoms with Gasteiger partial charge in [0.15, 0.2) is 0 Å². The third-order valence-electron chi connectivity index (χ3n) is 1.25. The van der Waals surface area contributed by atoms with E-state index in [0.29, 0.717) is 6.54 Å². The SMILES string of the molecule is CCCCC=CNCCN. The summed E-state index contributed by atoms with van der Waals surface area (Å²) in [5, 5.41) is 3.09. The molecule has 0 atom stereocenters. The normalized spacial score (nSPS) is 10.6. The largest absolute Gasteiger partial charge is 0.390 e. The Bertz CT molecular complexity index is 69.3. The first kappa shape index (κ1) is 9.50. The van der Waals surface area contributed by atoms with Gasteiger partial charge in [0.25, 0.3) is 0 Å². The van der Waals surface area contributed by atoms with Gasteiger partial charge in [-0.1, -0.05) is 25.8 Å². The average Bonchev–Trinajstić information content (AvgIpc) is 1.97. The molecule has 0 aliphatic carbocycles. The Balaban J connectivity index is 2.89. The van der Waals surface area contributed by atoms with E-state index in [9.17, 15) is 0 Å². The lowest BCUT2D eigenvalue weighted by Crippen LogP contribution is -2.16. The van der Waals surface area contributed by atoms with Crippen molar-refractivity contribution < 1.29 is 0 Å². The van der Waals surface area contributed by atoms with Crippen LogP contribution in [-0.2, 0) is 0 Å². The van der Waals surface area contributed by atoms with Crippen LogP contribution in [0.15, 0.2) is 12.3 Å². The van der Waals surface area contributed by atoms with Gasteiger partial charge in [0.1, 0.15) is 0 Å². The van der Waals surface area contributed by atoms with Gasteiger partial charge in [-0.05, 0) is 12.6 Å². The van der Waals surface area contributed by atoms with Gasteiger partial charge >= 0.3 is 0 Å². The van der Waals surface area contributed by atoms with E-state index >= 15 is 0 Å². The predicted octanol–water partition coefficient (Wildman–Crippen LogP) is 1.24. The van der Waals surface area contributed by atoms with Crippen molar-refractivity contribution in [2.75, 3.05) is 13.1 Å². The Morgan fingerprint density at radius 3 is 2.90 bits per heavy atom. The van der Waals surface area contributed by atoms with Gasteiger partial charge in [0.05, 0.1) is 0 Å². The molecular formula is C8H18N2. The Morgan fingerprint density at radius 1 is 1.50 bits per heavy atom. The zero-order chi connectivity index (χ0) is 7.66. The molecule has 2 nitrogen and oxygen atoms in total. The third-order valence-corrected chi connectivity index (χ3v) is 1.25. The van der Waals surface area contributed by atoms with E-state index in [1.807, 2.05) is 6.20 Å². The second kappa shape index (κ2) is 8.50. The van der Waals surface area contributed by atoms with Crippen molar-refractivity contribution in [1.82, 2.24) is 5.32 Å². The molecule has 0 saturated heterocycles. The standard InChI is InChI=1S/C8H18N2/c1-2-3-4-5-7-10-8-6-9/h5,7,10H,2-4,6,8-9H2,1H3. The van der Waals surface area contributed by atoms with Crippen molar-refractivity contribution in [1.29, 1.82) is 0 Å². The number of hydrogen-bond acceptors (Lipinski definition) is 2. The summed E-state index contributed by atoms with van der Waals surface area (Å²) in [7, 11) is 0.